The summed E-state index contributed by atoms with van der Waals surface area (Å²) in [5, 5.41) is 3.44. The summed E-state index contributed by atoms with van der Waals surface area (Å²) in [4.78, 5) is 5.47. The Morgan fingerprint density at radius 1 is 0.833 bits per heavy atom. The van der Waals surface area contributed by atoms with Crippen LogP contribution in [0.5, 0.6) is 0 Å². The molecule has 0 aromatic heterocycles. The number of hydrogen-bond acceptors (Lipinski definition) is 3. The number of piperidine rings is 1. The van der Waals surface area contributed by atoms with Gasteiger partial charge in [-0.2, -0.15) is 0 Å². The van der Waals surface area contributed by atoms with Crippen molar-refractivity contribution in [3.63, 3.8) is 0 Å². The van der Waals surface area contributed by atoms with Gasteiger partial charge in [-0.15, -0.1) is 0 Å². The molecule has 1 saturated carbocycles. The molecule has 1 N–H and O–H groups in total. The predicted octanol–water partition coefficient (Wildman–Crippen LogP) is 1.55. The molecule has 0 bridgehead atoms. The van der Waals surface area contributed by atoms with Gasteiger partial charge in [0.2, 0.25) is 0 Å². The second-order valence-corrected chi connectivity index (χ2v) is 6.38. The molecule has 3 aliphatic rings. The summed E-state index contributed by atoms with van der Waals surface area (Å²) in [7, 11) is 0. The lowest BCUT2D eigenvalue weighted by Gasteiger charge is -2.45. The van der Waals surface area contributed by atoms with Crippen molar-refractivity contribution in [2.75, 3.05) is 45.8 Å². The molecular weight excluding hydrogens is 222 g/mol. The Morgan fingerprint density at radius 3 is 2.50 bits per heavy atom. The molecule has 18 heavy (non-hydrogen) atoms. The van der Waals surface area contributed by atoms with Crippen LogP contribution >= 0.6 is 0 Å². The molecular formula is C15H29N3. The van der Waals surface area contributed by atoms with Crippen molar-refractivity contribution in [1.82, 2.24) is 15.1 Å². The lowest BCUT2D eigenvalue weighted by Crippen LogP contribution is -2.51. The van der Waals surface area contributed by atoms with Gasteiger partial charge in [0.25, 0.3) is 0 Å². The number of nitrogens with zero attached hydrogens (tertiary/aromatic N) is 2. The van der Waals surface area contributed by atoms with Crippen LogP contribution in [0.2, 0.25) is 0 Å². The highest BCUT2D eigenvalue weighted by Crippen LogP contribution is 2.34. The van der Waals surface area contributed by atoms with Crippen molar-refractivity contribution in [2.45, 2.75) is 44.6 Å². The van der Waals surface area contributed by atoms with E-state index >= 15 is 0 Å². The summed E-state index contributed by atoms with van der Waals surface area (Å²) in [5.41, 5.74) is 0. The van der Waals surface area contributed by atoms with E-state index < -0.39 is 0 Å². The zero-order chi connectivity index (χ0) is 12.2. The van der Waals surface area contributed by atoms with E-state index in [0.717, 1.165) is 12.0 Å². The topological polar surface area (TPSA) is 18.5 Å². The second kappa shape index (κ2) is 6.36. The lowest BCUT2D eigenvalue weighted by atomic mass is 9.78. The van der Waals surface area contributed by atoms with Crippen molar-refractivity contribution >= 4 is 0 Å². The van der Waals surface area contributed by atoms with Crippen molar-refractivity contribution in [3.8, 4) is 0 Å². The number of likely N-dealkylation sites (tertiary alicyclic amines) is 1. The molecule has 104 valence electrons. The Bertz CT molecular complexity index is 248. The molecule has 0 aromatic rings. The van der Waals surface area contributed by atoms with Gasteiger partial charge in [-0.05, 0) is 38.1 Å². The lowest BCUT2D eigenvalue weighted by molar-refractivity contribution is 0.0509. The van der Waals surface area contributed by atoms with Gasteiger partial charge < -0.3 is 5.32 Å². The van der Waals surface area contributed by atoms with Crippen LogP contribution < -0.4 is 5.32 Å². The van der Waals surface area contributed by atoms with E-state index in [2.05, 4.69) is 15.1 Å². The molecule has 3 fully saturated rings. The van der Waals surface area contributed by atoms with Gasteiger partial charge in [0.15, 0.2) is 0 Å². The molecule has 2 atom stereocenters. The Hall–Kier alpha value is -0.120. The minimum absolute atomic E-state index is 0.940. The summed E-state index contributed by atoms with van der Waals surface area (Å²) >= 11 is 0. The molecule has 2 heterocycles. The number of piperazine rings is 1. The van der Waals surface area contributed by atoms with E-state index in [4.69, 9.17) is 0 Å². The molecule has 1 aliphatic carbocycles. The Balaban J connectivity index is 1.48. The van der Waals surface area contributed by atoms with Crippen LogP contribution in [0.4, 0.5) is 0 Å². The molecule has 2 unspecified atom stereocenters. The molecule has 3 rings (SSSR count). The highest BCUT2D eigenvalue weighted by molar-refractivity contribution is 4.87. The third kappa shape index (κ3) is 3.06. The molecule has 0 radical (unpaired) electrons. The first-order chi connectivity index (χ1) is 8.93. The fourth-order valence-corrected chi connectivity index (χ4v) is 4.21. The van der Waals surface area contributed by atoms with Gasteiger partial charge in [0.1, 0.15) is 0 Å². The van der Waals surface area contributed by atoms with Crippen LogP contribution in [0.25, 0.3) is 0 Å². The molecule has 0 spiro atoms. The fourth-order valence-electron chi connectivity index (χ4n) is 4.21. The summed E-state index contributed by atoms with van der Waals surface area (Å²) < 4.78 is 0. The van der Waals surface area contributed by atoms with Gasteiger partial charge in [0, 0.05) is 45.3 Å². The standard InChI is InChI=1S/C15H29N3/c1-2-6-15-14(4-1)5-3-9-18(15)13-12-17-10-7-16-8-11-17/h14-16H,1-13H2. The maximum atomic E-state index is 3.44. The number of hydrogen-bond donors (Lipinski definition) is 1. The molecule has 2 saturated heterocycles. The molecule has 0 amide bonds. The van der Waals surface area contributed by atoms with Crippen LogP contribution in [0.15, 0.2) is 0 Å². The van der Waals surface area contributed by atoms with Gasteiger partial charge in [-0.1, -0.05) is 12.8 Å². The van der Waals surface area contributed by atoms with E-state index in [1.54, 1.807) is 0 Å². The average Bonchev–Trinajstić information content (AvgIpc) is 2.46. The fraction of sp³-hybridized carbons (Fsp3) is 1.00. The quantitative estimate of drug-likeness (QED) is 0.821. The Kier molecular flexibility index (Phi) is 4.55. The van der Waals surface area contributed by atoms with Crippen LogP contribution in [-0.4, -0.2) is 61.7 Å². The van der Waals surface area contributed by atoms with Gasteiger partial charge in [-0.3, -0.25) is 9.80 Å². The van der Waals surface area contributed by atoms with Crippen molar-refractivity contribution in [2.24, 2.45) is 5.92 Å². The maximum Gasteiger partial charge on any atom is 0.0124 e. The predicted molar refractivity (Wildman–Crippen MR) is 75.9 cm³/mol. The third-order valence-corrected chi connectivity index (χ3v) is 5.27. The van der Waals surface area contributed by atoms with Gasteiger partial charge in [-0.25, -0.2) is 0 Å². The van der Waals surface area contributed by atoms with E-state index in [0.29, 0.717) is 0 Å². The maximum absolute atomic E-state index is 3.44. The Labute approximate surface area is 112 Å². The minimum Gasteiger partial charge on any atom is -0.314 e. The largest absolute Gasteiger partial charge is 0.314 e. The number of fused-ring (bicyclic) bond motifs is 1. The smallest absolute Gasteiger partial charge is 0.0124 e. The summed E-state index contributed by atoms with van der Waals surface area (Å²) in [6.07, 6.45) is 8.91. The number of nitrogens with one attached hydrogen (secondary N) is 1. The minimum atomic E-state index is 0.940. The average molecular weight is 251 g/mol. The monoisotopic (exact) mass is 251 g/mol. The summed E-state index contributed by atoms with van der Waals surface area (Å²) in [5.74, 6) is 1.04. The first kappa shape index (κ1) is 12.9. The second-order valence-electron chi connectivity index (χ2n) is 6.38. The van der Waals surface area contributed by atoms with Crippen molar-refractivity contribution < 1.29 is 0 Å². The van der Waals surface area contributed by atoms with E-state index in [9.17, 15) is 0 Å². The van der Waals surface area contributed by atoms with Crippen molar-refractivity contribution in [3.05, 3.63) is 0 Å². The highest BCUT2D eigenvalue weighted by Gasteiger charge is 2.32. The van der Waals surface area contributed by atoms with Crippen molar-refractivity contribution in [1.29, 1.82) is 0 Å². The molecule has 3 nitrogen and oxygen atoms in total. The van der Waals surface area contributed by atoms with E-state index in [1.807, 2.05) is 0 Å². The zero-order valence-electron chi connectivity index (χ0n) is 11.7. The number of rotatable bonds is 3. The van der Waals surface area contributed by atoms with Crippen LogP contribution in [0.3, 0.4) is 0 Å². The first-order valence-electron chi connectivity index (χ1n) is 8.10. The SMILES string of the molecule is C1CCC2C(C1)CCCN2CCN1CCNCC1. The Morgan fingerprint density at radius 2 is 1.61 bits per heavy atom. The zero-order valence-corrected chi connectivity index (χ0v) is 11.7. The third-order valence-electron chi connectivity index (χ3n) is 5.27. The van der Waals surface area contributed by atoms with Crippen LogP contribution in [-0.2, 0) is 0 Å². The first-order valence-corrected chi connectivity index (χ1v) is 8.10. The van der Waals surface area contributed by atoms with Crippen LogP contribution in [0.1, 0.15) is 38.5 Å². The van der Waals surface area contributed by atoms with Gasteiger partial charge >= 0.3 is 0 Å². The molecule has 3 heteroatoms. The molecule has 2 aliphatic heterocycles. The van der Waals surface area contributed by atoms with Crippen LogP contribution in [0, 0.1) is 5.92 Å². The van der Waals surface area contributed by atoms with Gasteiger partial charge in [0.05, 0.1) is 0 Å². The normalized spacial score (nSPS) is 35.3. The highest BCUT2D eigenvalue weighted by atomic mass is 15.2. The van der Waals surface area contributed by atoms with E-state index in [-0.39, 0.29) is 0 Å². The summed E-state index contributed by atoms with van der Waals surface area (Å²) in [6.45, 7) is 8.86. The summed E-state index contributed by atoms with van der Waals surface area (Å²) in [6, 6.07) is 0.940. The van der Waals surface area contributed by atoms with E-state index in [1.165, 1.54) is 84.3 Å². The molecule has 0 aromatic carbocycles.